The average molecular weight is 313 g/mol. The first kappa shape index (κ1) is 13.2. The Morgan fingerprint density at radius 2 is 1.72 bits per heavy atom. The van der Waals surface area contributed by atoms with Crippen LogP contribution in [-0.2, 0) is 6.42 Å². The van der Waals surface area contributed by atoms with Crippen LogP contribution < -0.4 is 0 Å². The summed E-state index contributed by atoms with van der Waals surface area (Å²) in [6, 6.07) is 10.4. The van der Waals surface area contributed by atoms with E-state index in [0.29, 0.717) is 16.5 Å². The van der Waals surface area contributed by atoms with Gasteiger partial charge < -0.3 is 5.11 Å². The molecule has 0 saturated carbocycles. The van der Waals surface area contributed by atoms with Crippen LogP contribution in [0.15, 0.2) is 46.9 Å². The van der Waals surface area contributed by atoms with E-state index in [9.17, 15) is 13.9 Å². The Morgan fingerprint density at radius 3 is 2.33 bits per heavy atom. The van der Waals surface area contributed by atoms with Crippen LogP contribution in [0, 0.1) is 11.6 Å². The number of halogens is 3. The molecule has 1 atom stereocenters. The van der Waals surface area contributed by atoms with Gasteiger partial charge in [-0.3, -0.25) is 0 Å². The summed E-state index contributed by atoms with van der Waals surface area (Å²) in [5.74, 6) is -0.728. The SMILES string of the molecule is OC(Cc1ccc(F)cc1)c1ccc(Br)c(F)c1. The number of rotatable bonds is 3. The minimum atomic E-state index is -0.807. The van der Waals surface area contributed by atoms with Gasteiger partial charge in [-0.25, -0.2) is 8.78 Å². The minimum Gasteiger partial charge on any atom is -0.388 e. The summed E-state index contributed by atoms with van der Waals surface area (Å²) < 4.78 is 26.4. The number of hydrogen-bond donors (Lipinski definition) is 1. The highest BCUT2D eigenvalue weighted by Crippen LogP contribution is 2.23. The molecule has 0 aliphatic heterocycles. The maximum Gasteiger partial charge on any atom is 0.137 e. The topological polar surface area (TPSA) is 20.2 Å². The van der Waals surface area contributed by atoms with E-state index in [1.54, 1.807) is 24.3 Å². The van der Waals surface area contributed by atoms with Crippen LogP contribution >= 0.6 is 15.9 Å². The predicted octanol–water partition coefficient (Wildman–Crippen LogP) is 4.00. The van der Waals surface area contributed by atoms with Crippen molar-refractivity contribution >= 4 is 15.9 Å². The third kappa shape index (κ3) is 3.15. The lowest BCUT2D eigenvalue weighted by Gasteiger charge is -2.11. The Labute approximate surface area is 112 Å². The van der Waals surface area contributed by atoms with E-state index in [4.69, 9.17) is 0 Å². The van der Waals surface area contributed by atoms with Gasteiger partial charge in [-0.2, -0.15) is 0 Å². The van der Waals surface area contributed by atoms with Crippen molar-refractivity contribution in [1.29, 1.82) is 0 Å². The zero-order valence-electron chi connectivity index (χ0n) is 9.41. The van der Waals surface area contributed by atoms with Crippen LogP contribution in [0.2, 0.25) is 0 Å². The number of hydrogen-bond acceptors (Lipinski definition) is 1. The monoisotopic (exact) mass is 312 g/mol. The molecule has 0 aliphatic carbocycles. The normalized spacial score (nSPS) is 12.4. The molecule has 1 N–H and O–H groups in total. The lowest BCUT2D eigenvalue weighted by molar-refractivity contribution is 0.178. The molecule has 0 radical (unpaired) electrons. The summed E-state index contributed by atoms with van der Waals surface area (Å²) in [4.78, 5) is 0. The van der Waals surface area contributed by atoms with Crippen molar-refractivity contribution in [3.8, 4) is 0 Å². The first-order valence-corrected chi connectivity index (χ1v) is 6.23. The van der Waals surface area contributed by atoms with E-state index in [1.165, 1.54) is 18.2 Å². The Bertz CT molecular complexity index is 540. The molecule has 0 aliphatic rings. The van der Waals surface area contributed by atoms with Gasteiger partial charge in [0.1, 0.15) is 11.6 Å². The Kier molecular flexibility index (Phi) is 4.09. The second-order valence-corrected chi connectivity index (χ2v) is 4.87. The molecule has 0 saturated heterocycles. The van der Waals surface area contributed by atoms with Gasteiger partial charge in [0.05, 0.1) is 10.6 Å². The van der Waals surface area contributed by atoms with Crippen LogP contribution in [0.4, 0.5) is 8.78 Å². The van der Waals surface area contributed by atoms with Gasteiger partial charge in [-0.1, -0.05) is 18.2 Å². The van der Waals surface area contributed by atoms with Gasteiger partial charge in [0, 0.05) is 6.42 Å². The van der Waals surface area contributed by atoms with E-state index < -0.39 is 11.9 Å². The molecule has 0 amide bonds. The summed E-state index contributed by atoms with van der Waals surface area (Å²) in [6.45, 7) is 0. The fraction of sp³-hybridized carbons (Fsp3) is 0.143. The highest BCUT2D eigenvalue weighted by Gasteiger charge is 2.11. The molecule has 0 heterocycles. The molecule has 0 aromatic heterocycles. The molecule has 0 spiro atoms. The summed E-state index contributed by atoms with van der Waals surface area (Å²) in [5, 5.41) is 9.98. The molecule has 2 aromatic rings. The number of benzene rings is 2. The number of aliphatic hydroxyl groups excluding tert-OH is 1. The molecule has 0 fully saturated rings. The zero-order valence-corrected chi connectivity index (χ0v) is 11.0. The standard InChI is InChI=1S/C14H11BrF2O/c15-12-6-3-10(8-13(12)17)14(18)7-9-1-4-11(16)5-2-9/h1-6,8,14,18H,7H2. The molecule has 2 rings (SSSR count). The lowest BCUT2D eigenvalue weighted by Crippen LogP contribution is -2.02. The smallest absolute Gasteiger partial charge is 0.137 e. The van der Waals surface area contributed by atoms with E-state index in [1.807, 2.05) is 0 Å². The largest absolute Gasteiger partial charge is 0.388 e. The molecule has 4 heteroatoms. The van der Waals surface area contributed by atoms with Crippen molar-refractivity contribution in [1.82, 2.24) is 0 Å². The molecular formula is C14H11BrF2O. The Balaban J connectivity index is 2.13. The van der Waals surface area contributed by atoms with Crippen molar-refractivity contribution < 1.29 is 13.9 Å². The first-order chi connectivity index (χ1) is 8.56. The minimum absolute atomic E-state index is 0.317. The second kappa shape index (κ2) is 5.59. The molecule has 1 nitrogen and oxygen atoms in total. The third-order valence-corrected chi connectivity index (χ3v) is 3.31. The highest BCUT2D eigenvalue weighted by atomic mass is 79.9. The summed E-state index contributed by atoms with van der Waals surface area (Å²) in [5.41, 5.74) is 1.30. The highest BCUT2D eigenvalue weighted by molar-refractivity contribution is 9.10. The van der Waals surface area contributed by atoms with Gasteiger partial charge in [-0.05, 0) is 51.3 Å². The molecule has 2 aromatic carbocycles. The van der Waals surface area contributed by atoms with E-state index >= 15 is 0 Å². The van der Waals surface area contributed by atoms with Crippen LogP contribution in [0.3, 0.4) is 0 Å². The van der Waals surface area contributed by atoms with E-state index in [-0.39, 0.29) is 5.82 Å². The quantitative estimate of drug-likeness (QED) is 0.908. The summed E-state index contributed by atoms with van der Waals surface area (Å²) in [6.07, 6.45) is -0.487. The van der Waals surface area contributed by atoms with Crippen LogP contribution in [0.1, 0.15) is 17.2 Å². The molecular weight excluding hydrogens is 302 g/mol. The van der Waals surface area contributed by atoms with Gasteiger partial charge in [0.25, 0.3) is 0 Å². The lowest BCUT2D eigenvalue weighted by atomic mass is 10.0. The molecule has 94 valence electrons. The van der Waals surface area contributed by atoms with E-state index in [0.717, 1.165) is 5.56 Å². The Morgan fingerprint density at radius 1 is 1.06 bits per heavy atom. The third-order valence-electron chi connectivity index (χ3n) is 2.67. The zero-order chi connectivity index (χ0) is 13.1. The molecule has 1 unspecified atom stereocenters. The van der Waals surface area contributed by atoms with E-state index in [2.05, 4.69) is 15.9 Å². The molecule has 0 bridgehead atoms. The maximum absolute atomic E-state index is 13.3. The fourth-order valence-electron chi connectivity index (χ4n) is 1.68. The van der Waals surface area contributed by atoms with Crippen molar-refractivity contribution in [2.45, 2.75) is 12.5 Å². The van der Waals surface area contributed by atoms with Crippen molar-refractivity contribution in [3.05, 3.63) is 69.7 Å². The van der Waals surface area contributed by atoms with Gasteiger partial charge in [0.15, 0.2) is 0 Å². The van der Waals surface area contributed by atoms with Gasteiger partial charge in [-0.15, -0.1) is 0 Å². The van der Waals surface area contributed by atoms with Crippen molar-refractivity contribution in [3.63, 3.8) is 0 Å². The summed E-state index contributed by atoms with van der Waals surface area (Å²) >= 11 is 3.05. The van der Waals surface area contributed by atoms with Crippen LogP contribution in [-0.4, -0.2) is 5.11 Å². The average Bonchev–Trinajstić information content (AvgIpc) is 2.35. The van der Waals surface area contributed by atoms with Gasteiger partial charge in [0.2, 0.25) is 0 Å². The second-order valence-electron chi connectivity index (χ2n) is 4.02. The molecule has 18 heavy (non-hydrogen) atoms. The van der Waals surface area contributed by atoms with Crippen LogP contribution in [0.25, 0.3) is 0 Å². The van der Waals surface area contributed by atoms with Crippen molar-refractivity contribution in [2.24, 2.45) is 0 Å². The fourth-order valence-corrected chi connectivity index (χ4v) is 1.93. The van der Waals surface area contributed by atoms with Gasteiger partial charge >= 0.3 is 0 Å². The van der Waals surface area contributed by atoms with Crippen LogP contribution in [0.5, 0.6) is 0 Å². The summed E-state index contributed by atoms with van der Waals surface area (Å²) in [7, 11) is 0. The predicted molar refractivity (Wildman–Crippen MR) is 69.2 cm³/mol. The number of aliphatic hydroxyl groups is 1. The first-order valence-electron chi connectivity index (χ1n) is 5.44. The maximum atomic E-state index is 13.3. The van der Waals surface area contributed by atoms with Crippen molar-refractivity contribution in [2.75, 3.05) is 0 Å². The Hall–Kier alpha value is -1.26.